The van der Waals surface area contributed by atoms with Gasteiger partial charge in [0, 0.05) is 18.5 Å². The van der Waals surface area contributed by atoms with Gasteiger partial charge >= 0.3 is 12.0 Å². The highest BCUT2D eigenvalue weighted by molar-refractivity contribution is 7.16. The summed E-state index contributed by atoms with van der Waals surface area (Å²) in [5, 5.41) is 13.8. The predicted octanol–water partition coefficient (Wildman–Crippen LogP) is 1.69. The van der Waals surface area contributed by atoms with E-state index in [0.29, 0.717) is 10.9 Å². The summed E-state index contributed by atoms with van der Waals surface area (Å²) >= 11 is 7.15. The number of carboxylic acids is 1. The Labute approximate surface area is 119 Å². The van der Waals surface area contributed by atoms with Gasteiger partial charge in [0.15, 0.2) is 0 Å². The molecule has 1 aromatic rings. The molecule has 0 saturated carbocycles. The standard InChI is InChI=1S/C11H15ClN2O4S/c1-18-7(4-10(15)16)5-13-11(17)14-6-8-2-3-9(12)19-8/h2-3,7H,4-6H2,1H3,(H,15,16)(H2,13,14,17). The van der Waals surface area contributed by atoms with E-state index >= 15 is 0 Å². The van der Waals surface area contributed by atoms with Crippen LogP contribution in [-0.4, -0.2) is 36.9 Å². The van der Waals surface area contributed by atoms with Crippen LogP contribution in [-0.2, 0) is 16.1 Å². The van der Waals surface area contributed by atoms with Gasteiger partial charge in [0.25, 0.3) is 0 Å². The van der Waals surface area contributed by atoms with Crippen LogP contribution in [0, 0.1) is 0 Å². The zero-order chi connectivity index (χ0) is 14.3. The van der Waals surface area contributed by atoms with Crippen molar-refractivity contribution in [3.8, 4) is 0 Å². The molecule has 0 aromatic carbocycles. The van der Waals surface area contributed by atoms with Crippen molar-refractivity contribution in [3.05, 3.63) is 21.3 Å². The van der Waals surface area contributed by atoms with Gasteiger partial charge in [-0.05, 0) is 12.1 Å². The van der Waals surface area contributed by atoms with Gasteiger partial charge in [-0.2, -0.15) is 0 Å². The average Bonchev–Trinajstić information content (AvgIpc) is 2.77. The molecule has 0 aliphatic heterocycles. The number of urea groups is 1. The molecule has 0 saturated heterocycles. The molecule has 8 heteroatoms. The number of halogens is 1. The minimum absolute atomic E-state index is 0.139. The number of hydrogen-bond donors (Lipinski definition) is 3. The van der Waals surface area contributed by atoms with E-state index < -0.39 is 12.1 Å². The zero-order valence-corrected chi connectivity index (χ0v) is 11.9. The number of ether oxygens (including phenoxy) is 1. The van der Waals surface area contributed by atoms with Gasteiger partial charge in [-0.1, -0.05) is 11.6 Å². The monoisotopic (exact) mass is 306 g/mol. The van der Waals surface area contributed by atoms with E-state index in [-0.39, 0.29) is 19.0 Å². The molecule has 1 aromatic heterocycles. The second kappa shape index (κ2) is 7.98. The molecule has 106 valence electrons. The number of nitrogens with one attached hydrogen (secondary N) is 2. The minimum atomic E-state index is -0.970. The maximum absolute atomic E-state index is 11.5. The maximum Gasteiger partial charge on any atom is 0.315 e. The Hall–Kier alpha value is -1.31. The van der Waals surface area contributed by atoms with Gasteiger partial charge in [-0.3, -0.25) is 4.79 Å². The lowest BCUT2D eigenvalue weighted by molar-refractivity contribution is -0.139. The topological polar surface area (TPSA) is 87.7 Å². The molecule has 0 radical (unpaired) electrons. The van der Waals surface area contributed by atoms with Crippen molar-refractivity contribution in [1.82, 2.24) is 10.6 Å². The number of methoxy groups -OCH3 is 1. The lowest BCUT2D eigenvalue weighted by atomic mass is 10.2. The summed E-state index contributed by atoms with van der Waals surface area (Å²) in [6, 6.07) is 3.21. The lowest BCUT2D eigenvalue weighted by Gasteiger charge is -2.14. The van der Waals surface area contributed by atoms with E-state index in [9.17, 15) is 9.59 Å². The summed E-state index contributed by atoms with van der Waals surface area (Å²) in [5.41, 5.74) is 0. The summed E-state index contributed by atoms with van der Waals surface area (Å²) in [5.74, 6) is -0.970. The molecule has 1 heterocycles. The van der Waals surface area contributed by atoms with Crippen LogP contribution in [0.15, 0.2) is 12.1 Å². The van der Waals surface area contributed by atoms with Crippen molar-refractivity contribution in [1.29, 1.82) is 0 Å². The van der Waals surface area contributed by atoms with Crippen LogP contribution >= 0.6 is 22.9 Å². The summed E-state index contributed by atoms with van der Waals surface area (Å²) in [6.45, 7) is 0.514. The first-order chi connectivity index (χ1) is 9.01. The Morgan fingerprint density at radius 2 is 2.21 bits per heavy atom. The molecule has 2 amide bonds. The number of carbonyl (C=O) groups is 2. The molecular weight excluding hydrogens is 292 g/mol. The van der Waals surface area contributed by atoms with Crippen molar-refractivity contribution in [2.75, 3.05) is 13.7 Å². The highest BCUT2D eigenvalue weighted by atomic mass is 35.5. The largest absolute Gasteiger partial charge is 0.481 e. The molecular formula is C11H15ClN2O4S. The van der Waals surface area contributed by atoms with Crippen molar-refractivity contribution >= 4 is 34.9 Å². The smallest absolute Gasteiger partial charge is 0.315 e. The lowest BCUT2D eigenvalue weighted by Crippen LogP contribution is -2.40. The molecule has 19 heavy (non-hydrogen) atoms. The molecule has 1 atom stereocenters. The Bertz CT molecular complexity index is 438. The fourth-order valence-corrected chi connectivity index (χ4v) is 2.34. The molecule has 6 nitrogen and oxygen atoms in total. The van der Waals surface area contributed by atoms with Crippen molar-refractivity contribution in [3.63, 3.8) is 0 Å². The van der Waals surface area contributed by atoms with Gasteiger partial charge in [0.1, 0.15) is 0 Å². The second-order valence-electron chi connectivity index (χ2n) is 3.72. The first-order valence-corrected chi connectivity index (χ1v) is 6.71. The van der Waals surface area contributed by atoms with Gasteiger partial charge in [0.05, 0.1) is 23.4 Å². The Morgan fingerprint density at radius 3 is 2.74 bits per heavy atom. The van der Waals surface area contributed by atoms with E-state index in [0.717, 1.165) is 4.88 Å². The fraction of sp³-hybridized carbons (Fsp3) is 0.455. The van der Waals surface area contributed by atoms with Crippen LogP contribution < -0.4 is 10.6 Å². The third-order valence-electron chi connectivity index (χ3n) is 2.28. The molecule has 0 bridgehead atoms. The maximum atomic E-state index is 11.5. The van der Waals surface area contributed by atoms with Crippen LogP contribution in [0.3, 0.4) is 0 Å². The van der Waals surface area contributed by atoms with Crippen LogP contribution in [0.2, 0.25) is 4.34 Å². The van der Waals surface area contributed by atoms with E-state index in [1.165, 1.54) is 18.4 Å². The number of carboxylic acid groups (broad SMARTS) is 1. The summed E-state index contributed by atoms with van der Waals surface area (Å²) in [6.07, 6.45) is -0.698. The number of thiophene rings is 1. The Balaban J connectivity index is 2.25. The number of aliphatic carboxylic acids is 1. The molecule has 3 N–H and O–H groups in total. The predicted molar refractivity (Wildman–Crippen MR) is 72.6 cm³/mol. The van der Waals surface area contributed by atoms with E-state index in [2.05, 4.69) is 10.6 Å². The van der Waals surface area contributed by atoms with Gasteiger partial charge in [-0.25, -0.2) is 4.79 Å². The van der Waals surface area contributed by atoms with E-state index in [4.69, 9.17) is 21.4 Å². The fourth-order valence-electron chi connectivity index (χ4n) is 1.32. The SMILES string of the molecule is COC(CNC(=O)NCc1ccc(Cl)s1)CC(=O)O. The summed E-state index contributed by atoms with van der Waals surface area (Å²) in [4.78, 5) is 22.9. The quantitative estimate of drug-likeness (QED) is 0.715. The van der Waals surface area contributed by atoms with Crippen LogP contribution in [0.4, 0.5) is 4.79 Å². The average molecular weight is 307 g/mol. The van der Waals surface area contributed by atoms with Gasteiger partial charge < -0.3 is 20.5 Å². The summed E-state index contributed by atoms with van der Waals surface area (Å²) in [7, 11) is 1.40. The third kappa shape index (κ3) is 6.42. The van der Waals surface area contributed by atoms with E-state index in [1.807, 2.05) is 6.07 Å². The van der Waals surface area contributed by atoms with Crippen LogP contribution in [0.1, 0.15) is 11.3 Å². The molecule has 0 aliphatic carbocycles. The number of rotatable bonds is 7. The molecule has 1 unspecified atom stereocenters. The number of amides is 2. The Kier molecular flexibility index (Phi) is 6.61. The highest BCUT2D eigenvalue weighted by Gasteiger charge is 2.13. The summed E-state index contributed by atoms with van der Waals surface area (Å²) < 4.78 is 5.60. The molecule has 0 aliphatic rings. The number of carbonyl (C=O) groups excluding carboxylic acids is 1. The van der Waals surface area contributed by atoms with Crippen LogP contribution in [0.5, 0.6) is 0 Å². The first-order valence-electron chi connectivity index (χ1n) is 5.51. The highest BCUT2D eigenvalue weighted by Crippen LogP contribution is 2.20. The van der Waals surface area contributed by atoms with Crippen LogP contribution in [0.25, 0.3) is 0 Å². The molecule has 0 spiro atoms. The van der Waals surface area contributed by atoms with Crippen molar-refractivity contribution < 1.29 is 19.4 Å². The third-order valence-corrected chi connectivity index (χ3v) is 3.51. The van der Waals surface area contributed by atoms with E-state index in [1.54, 1.807) is 6.07 Å². The molecule has 0 fully saturated rings. The zero-order valence-electron chi connectivity index (χ0n) is 10.3. The van der Waals surface area contributed by atoms with Crippen molar-refractivity contribution in [2.24, 2.45) is 0 Å². The number of hydrogen-bond acceptors (Lipinski definition) is 4. The Morgan fingerprint density at radius 1 is 1.47 bits per heavy atom. The minimum Gasteiger partial charge on any atom is -0.481 e. The first kappa shape index (κ1) is 15.7. The molecule has 1 rings (SSSR count). The van der Waals surface area contributed by atoms with Crippen molar-refractivity contribution in [2.45, 2.75) is 19.1 Å². The van der Waals surface area contributed by atoms with Gasteiger partial charge in [-0.15, -0.1) is 11.3 Å². The normalized spacial score (nSPS) is 11.9. The second-order valence-corrected chi connectivity index (χ2v) is 5.52. The van der Waals surface area contributed by atoms with Gasteiger partial charge in [0.2, 0.25) is 0 Å².